The van der Waals surface area contributed by atoms with Gasteiger partial charge in [0, 0.05) is 25.9 Å². The number of ether oxygens (including phenoxy) is 2. The first-order valence-corrected chi connectivity index (χ1v) is 13.0. The van der Waals surface area contributed by atoms with Gasteiger partial charge in [0.2, 0.25) is 11.8 Å². The van der Waals surface area contributed by atoms with Gasteiger partial charge in [-0.15, -0.1) is 0 Å². The van der Waals surface area contributed by atoms with E-state index >= 15 is 0 Å². The number of hydrogen-bond donors (Lipinski definition) is 1. The van der Waals surface area contributed by atoms with E-state index in [4.69, 9.17) is 9.47 Å². The Kier molecular flexibility index (Phi) is 11.5. The first-order chi connectivity index (χ1) is 18.1. The zero-order valence-corrected chi connectivity index (χ0v) is 21.9. The maximum atomic E-state index is 13.6. The van der Waals surface area contributed by atoms with E-state index in [1.807, 2.05) is 84.9 Å². The molecule has 37 heavy (non-hydrogen) atoms. The summed E-state index contributed by atoms with van der Waals surface area (Å²) in [5, 5.41) is 3.06. The Morgan fingerprint density at radius 2 is 1.46 bits per heavy atom. The number of carbonyl (C=O) groups is 2. The minimum Gasteiger partial charge on any atom is -0.497 e. The number of carbonyl (C=O) groups excluding carboxylic acids is 2. The molecule has 0 heterocycles. The fourth-order valence-electron chi connectivity index (χ4n) is 4.07. The van der Waals surface area contributed by atoms with E-state index in [1.54, 1.807) is 12.0 Å². The van der Waals surface area contributed by atoms with Gasteiger partial charge in [0.05, 0.1) is 13.7 Å². The lowest BCUT2D eigenvalue weighted by atomic mass is 10.0. The van der Waals surface area contributed by atoms with Crippen LogP contribution in [-0.2, 0) is 22.6 Å². The van der Waals surface area contributed by atoms with E-state index in [1.165, 1.54) is 0 Å². The number of amides is 2. The summed E-state index contributed by atoms with van der Waals surface area (Å²) in [4.78, 5) is 28.7. The third-order valence-corrected chi connectivity index (χ3v) is 6.16. The van der Waals surface area contributed by atoms with Crippen LogP contribution in [0.25, 0.3) is 0 Å². The van der Waals surface area contributed by atoms with Crippen molar-refractivity contribution in [3.8, 4) is 11.5 Å². The Morgan fingerprint density at radius 3 is 2.08 bits per heavy atom. The number of benzene rings is 3. The Bertz CT molecular complexity index is 1070. The van der Waals surface area contributed by atoms with Crippen LogP contribution in [-0.4, -0.2) is 43.0 Å². The molecular weight excluding hydrogens is 464 g/mol. The maximum absolute atomic E-state index is 13.6. The van der Waals surface area contributed by atoms with Crippen LogP contribution >= 0.6 is 0 Å². The summed E-state index contributed by atoms with van der Waals surface area (Å²) in [6, 6.07) is 26.5. The Morgan fingerprint density at radius 1 is 0.838 bits per heavy atom. The van der Waals surface area contributed by atoms with Crippen molar-refractivity contribution < 1.29 is 19.1 Å². The quantitative estimate of drug-likeness (QED) is 0.282. The molecule has 6 nitrogen and oxygen atoms in total. The van der Waals surface area contributed by atoms with E-state index in [-0.39, 0.29) is 18.2 Å². The molecule has 0 unspecified atom stereocenters. The molecule has 3 rings (SSSR count). The molecule has 0 aliphatic rings. The van der Waals surface area contributed by atoms with Gasteiger partial charge in [-0.25, -0.2) is 0 Å². The minimum atomic E-state index is -0.602. The van der Waals surface area contributed by atoms with Gasteiger partial charge in [0.15, 0.2) is 0 Å². The van der Waals surface area contributed by atoms with E-state index in [0.29, 0.717) is 32.5 Å². The lowest BCUT2D eigenvalue weighted by Crippen LogP contribution is -2.50. The van der Waals surface area contributed by atoms with Gasteiger partial charge in [-0.2, -0.15) is 0 Å². The topological polar surface area (TPSA) is 67.9 Å². The summed E-state index contributed by atoms with van der Waals surface area (Å²) in [5.74, 6) is 1.32. The zero-order chi connectivity index (χ0) is 26.3. The summed E-state index contributed by atoms with van der Waals surface area (Å²) in [7, 11) is 1.62. The van der Waals surface area contributed by atoms with Crippen LogP contribution in [0.15, 0.2) is 84.9 Å². The van der Waals surface area contributed by atoms with Crippen molar-refractivity contribution in [1.82, 2.24) is 10.2 Å². The molecule has 0 saturated heterocycles. The fraction of sp³-hybridized carbons (Fsp3) is 0.355. The second-order valence-electron chi connectivity index (χ2n) is 8.98. The van der Waals surface area contributed by atoms with Crippen molar-refractivity contribution in [3.63, 3.8) is 0 Å². The highest BCUT2D eigenvalue weighted by atomic mass is 16.5. The van der Waals surface area contributed by atoms with E-state index in [0.717, 1.165) is 35.5 Å². The first kappa shape index (κ1) is 27.8. The zero-order valence-electron chi connectivity index (χ0n) is 21.9. The lowest BCUT2D eigenvalue weighted by molar-refractivity contribution is -0.141. The monoisotopic (exact) mass is 502 g/mol. The van der Waals surface area contributed by atoms with Crippen molar-refractivity contribution in [3.05, 3.63) is 96.1 Å². The van der Waals surface area contributed by atoms with Gasteiger partial charge in [-0.1, -0.05) is 74.0 Å². The SMILES string of the molecule is CCCCNC(=O)[C@H](Cc1ccccc1)N(Cc1ccccc1)C(=O)CCCOc1ccc(OC)cc1. The average molecular weight is 503 g/mol. The third-order valence-electron chi connectivity index (χ3n) is 6.16. The highest BCUT2D eigenvalue weighted by Gasteiger charge is 2.30. The third kappa shape index (κ3) is 9.30. The van der Waals surface area contributed by atoms with Crippen LogP contribution in [0.3, 0.4) is 0 Å². The molecule has 0 bridgehead atoms. The highest BCUT2D eigenvalue weighted by Crippen LogP contribution is 2.19. The number of unbranched alkanes of at least 4 members (excludes halogenated alkanes) is 1. The van der Waals surface area contributed by atoms with Crippen LogP contribution in [0.4, 0.5) is 0 Å². The van der Waals surface area contributed by atoms with Gasteiger partial charge in [-0.3, -0.25) is 9.59 Å². The summed E-state index contributed by atoms with van der Waals surface area (Å²) in [6.45, 7) is 3.47. The maximum Gasteiger partial charge on any atom is 0.243 e. The molecule has 0 saturated carbocycles. The average Bonchev–Trinajstić information content (AvgIpc) is 2.94. The van der Waals surface area contributed by atoms with Crippen molar-refractivity contribution in [2.24, 2.45) is 0 Å². The fourth-order valence-corrected chi connectivity index (χ4v) is 4.07. The molecule has 0 aromatic heterocycles. The normalized spacial score (nSPS) is 11.4. The van der Waals surface area contributed by atoms with Crippen LogP contribution in [0.2, 0.25) is 0 Å². The molecular formula is C31H38N2O4. The smallest absolute Gasteiger partial charge is 0.243 e. The summed E-state index contributed by atoms with van der Waals surface area (Å²) >= 11 is 0. The van der Waals surface area contributed by atoms with Crippen LogP contribution in [0.5, 0.6) is 11.5 Å². The number of rotatable bonds is 15. The highest BCUT2D eigenvalue weighted by molar-refractivity contribution is 5.88. The molecule has 0 aliphatic carbocycles. The molecule has 0 aliphatic heterocycles. The number of hydrogen-bond acceptors (Lipinski definition) is 4. The first-order valence-electron chi connectivity index (χ1n) is 13.0. The van der Waals surface area contributed by atoms with Gasteiger partial charge < -0.3 is 19.7 Å². The second kappa shape index (κ2) is 15.3. The van der Waals surface area contributed by atoms with Crippen LogP contribution in [0, 0.1) is 0 Å². The van der Waals surface area contributed by atoms with Crippen molar-refractivity contribution >= 4 is 11.8 Å². The predicted octanol–water partition coefficient (Wildman–Crippen LogP) is 5.41. The van der Waals surface area contributed by atoms with E-state index in [2.05, 4.69) is 12.2 Å². The summed E-state index contributed by atoms with van der Waals surface area (Å²) in [5.41, 5.74) is 2.01. The predicted molar refractivity (Wildman–Crippen MR) is 147 cm³/mol. The van der Waals surface area contributed by atoms with Gasteiger partial charge in [-0.05, 0) is 48.2 Å². The molecule has 196 valence electrons. The van der Waals surface area contributed by atoms with Gasteiger partial charge >= 0.3 is 0 Å². The molecule has 0 radical (unpaired) electrons. The van der Waals surface area contributed by atoms with Crippen molar-refractivity contribution in [2.75, 3.05) is 20.3 Å². The molecule has 0 fully saturated rings. The molecule has 6 heteroatoms. The summed E-state index contributed by atoms with van der Waals surface area (Å²) < 4.78 is 11.0. The number of nitrogens with one attached hydrogen (secondary N) is 1. The van der Waals surface area contributed by atoms with Crippen LogP contribution < -0.4 is 14.8 Å². The molecule has 3 aromatic carbocycles. The minimum absolute atomic E-state index is 0.0613. The Balaban J connectivity index is 1.72. The molecule has 1 N–H and O–H groups in total. The standard InChI is InChI=1S/C31H38N2O4/c1-3-4-21-32-31(35)29(23-25-12-7-5-8-13-25)33(24-26-14-9-6-10-15-26)30(34)16-11-22-37-28-19-17-27(36-2)18-20-28/h5-10,12-15,17-20,29H,3-4,11,16,21-24H2,1-2H3,(H,32,35)/t29-/m0/s1. The molecule has 1 atom stereocenters. The molecule has 3 aromatic rings. The number of methoxy groups -OCH3 is 1. The van der Waals surface area contributed by atoms with Crippen molar-refractivity contribution in [1.29, 1.82) is 0 Å². The Labute approximate surface area is 220 Å². The van der Waals surface area contributed by atoms with Crippen molar-refractivity contribution in [2.45, 2.75) is 51.6 Å². The van der Waals surface area contributed by atoms with Crippen LogP contribution in [0.1, 0.15) is 43.7 Å². The summed E-state index contributed by atoms with van der Waals surface area (Å²) in [6.07, 6.45) is 3.19. The van der Waals surface area contributed by atoms with Gasteiger partial charge in [0.25, 0.3) is 0 Å². The largest absolute Gasteiger partial charge is 0.497 e. The number of nitrogens with zero attached hydrogens (tertiary/aromatic N) is 1. The van der Waals surface area contributed by atoms with E-state index in [9.17, 15) is 9.59 Å². The van der Waals surface area contributed by atoms with E-state index < -0.39 is 6.04 Å². The van der Waals surface area contributed by atoms with Gasteiger partial charge in [0.1, 0.15) is 17.5 Å². The second-order valence-corrected chi connectivity index (χ2v) is 8.98. The lowest BCUT2D eigenvalue weighted by Gasteiger charge is -2.31. The Hall–Kier alpha value is -3.80. The molecule has 2 amide bonds. The molecule has 0 spiro atoms.